The van der Waals surface area contributed by atoms with E-state index in [2.05, 4.69) is 5.32 Å². The molecule has 1 amide bonds. The quantitative estimate of drug-likeness (QED) is 0.800. The van der Waals surface area contributed by atoms with Crippen molar-refractivity contribution in [3.05, 3.63) is 45.6 Å². The highest BCUT2D eigenvalue weighted by atomic mass is 32.1. The van der Waals surface area contributed by atoms with Gasteiger partial charge in [-0.05, 0) is 48.6 Å². The fraction of sp³-hybridized carbons (Fsp3) is 0.154. The van der Waals surface area contributed by atoms with Crippen molar-refractivity contribution in [3.8, 4) is 5.75 Å². The van der Waals surface area contributed by atoms with Gasteiger partial charge in [0.1, 0.15) is 5.75 Å². The van der Waals surface area contributed by atoms with Gasteiger partial charge in [-0.25, -0.2) is 0 Å². The molecule has 1 heterocycles. The molecule has 17 heavy (non-hydrogen) atoms. The van der Waals surface area contributed by atoms with Gasteiger partial charge in [-0.15, -0.1) is 11.3 Å². The van der Waals surface area contributed by atoms with Crippen LogP contribution in [-0.4, -0.2) is 11.0 Å². The highest BCUT2D eigenvalue weighted by Crippen LogP contribution is 2.25. The summed E-state index contributed by atoms with van der Waals surface area (Å²) in [6.45, 7) is 3.80. The van der Waals surface area contributed by atoms with Crippen LogP contribution in [0, 0.1) is 13.8 Å². The molecule has 0 unspecified atom stereocenters. The number of rotatable bonds is 2. The minimum atomic E-state index is -0.182. The Bertz CT molecular complexity index is 560. The summed E-state index contributed by atoms with van der Waals surface area (Å²) in [7, 11) is 0. The molecule has 0 saturated heterocycles. The third kappa shape index (κ3) is 2.47. The molecule has 88 valence electrons. The summed E-state index contributed by atoms with van der Waals surface area (Å²) in [5.74, 6) is -0.100. The SMILES string of the molecule is Cc1ccc(O)c(NC(=O)c2sccc2C)c1. The summed E-state index contributed by atoms with van der Waals surface area (Å²) in [5, 5.41) is 14.2. The van der Waals surface area contributed by atoms with Gasteiger partial charge in [0.2, 0.25) is 0 Å². The fourth-order valence-corrected chi connectivity index (χ4v) is 2.35. The van der Waals surface area contributed by atoms with Gasteiger partial charge in [0, 0.05) is 0 Å². The number of benzene rings is 1. The van der Waals surface area contributed by atoms with Crippen LogP contribution in [-0.2, 0) is 0 Å². The van der Waals surface area contributed by atoms with Crippen molar-refractivity contribution in [1.82, 2.24) is 0 Å². The highest BCUT2D eigenvalue weighted by Gasteiger charge is 2.12. The van der Waals surface area contributed by atoms with Gasteiger partial charge >= 0.3 is 0 Å². The Kier molecular flexibility index (Phi) is 3.15. The maximum Gasteiger partial charge on any atom is 0.266 e. The standard InChI is InChI=1S/C13H13NO2S/c1-8-3-4-11(15)10(7-8)14-13(16)12-9(2)5-6-17-12/h3-7,15H,1-2H3,(H,14,16). The van der Waals surface area contributed by atoms with E-state index in [4.69, 9.17) is 0 Å². The Balaban J connectivity index is 2.24. The molecule has 2 rings (SSSR count). The molecule has 0 spiro atoms. The molecule has 0 fully saturated rings. The molecule has 1 aromatic heterocycles. The first-order valence-corrected chi connectivity index (χ1v) is 6.11. The molecule has 0 radical (unpaired) electrons. The van der Waals surface area contributed by atoms with E-state index in [1.165, 1.54) is 11.3 Å². The molecule has 0 atom stereocenters. The van der Waals surface area contributed by atoms with E-state index in [1.807, 2.05) is 25.3 Å². The molecule has 2 N–H and O–H groups in total. The van der Waals surface area contributed by atoms with Crippen molar-refractivity contribution in [2.75, 3.05) is 5.32 Å². The molecule has 0 aliphatic carbocycles. The predicted molar refractivity (Wildman–Crippen MR) is 69.9 cm³/mol. The van der Waals surface area contributed by atoms with E-state index in [1.54, 1.807) is 18.2 Å². The van der Waals surface area contributed by atoms with Crippen LogP contribution in [0.5, 0.6) is 5.75 Å². The molecule has 0 saturated carbocycles. The number of aromatic hydroxyl groups is 1. The molecule has 3 nitrogen and oxygen atoms in total. The summed E-state index contributed by atoms with van der Waals surface area (Å²) in [5.41, 5.74) is 2.38. The van der Waals surface area contributed by atoms with Gasteiger partial charge in [0.15, 0.2) is 0 Å². The topological polar surface area (TPSA) is 49.3 Å². The first kappa shape index (κ1) is 11.7. The van der Waals surface area contributed by atoms with Crippen molar-refractivity contribution in [2.24, 2.45) is 0 Å². The molecule has 0 aliphatic rings. The van der Waals surface area contributed by atoms with Gasteiger partial charge in [0.25, 0.3) is 5.91 Å². The van der Waals surface area contributed by atoms with E-state index < -0.39 is 0 Å². The Morgan fingerprint density at radius 2 is 2.06 bits per heavy atom. The average molecular weight is 247 g/mol. The Morgan fingerprint density at radius 1 is 1.29 bits per heavy atom. The lowest BCUT2D eigenvalue weighted by molar-refractivity contribution is 0.102. The van der Waals surface area contributed by atoms with Crippen molar-refractivity contribution in [3.63, 3.8) is 0 Å². The number of anilines is 1. The minimum absolute atomic E-state index is 0.0816. The van der Waals surface area contributed by atoms with E-state index in [9.17, 15) is 9.90 Å². The summed E-state index contributed by atoms with van der Waals surface area (Å²) >= 11 is 1.39. The van der Waals surface area contributed by atoms with Crippen molar-refractivity contribution in [2.45, 2.75) is 13.8 Å². The van der Waals surface area contributed by atoms with Crippen LogP contribution < -0.4 is 5.32 Å². The summed E-state index contributed by atoms with van der Waals surface area (Å²) < 4.78 is 0. The maximum atomic E-state index is 11.9. The van der Waals surface area contributed by atoms with Crippen LogP contribution in [0.1, 0.15) is 20.8 Å². The molecule has 0 bridgehead atoms. The van der Waals surface area contributed by atoms with E-state index >= 15 is 0 Å². The number of aryl methyl sites for hydroxylation is 2. The van der Waals surface area contributed by atoms with E-state index in [-0.39, 0.29) is 11.7 Å². The lowest BCUT2D eigenvalue weighted by Gasteiger charge is -2.07. The van der Waals surface area contributed by atoms with E-state index in [0.29, 0.717) is 10.6 Å². The zero-order valence-electron chi connectivity index (χ0n) is 9.65. The molecule has 1 aromatic carbocycles. The fourth-order valence-electron chi connectivity index (χ4n) is 1.53. The number of amides is 1. The second-order valence-electron chi connectivity index (χ2n) is 3.91. The summed E-state index contributed by atoms with van der Waals surface area (Å²) in [6.07, 6.45) is 0. The maximum absolute atomic E-state index is 11.9. The van der Waals surface area contributed by atoms with Crippen LogP contribution in [0.15, 0.2) is 29.6 Å². The van der Waals surface area contributed by atoms with Gasteiger partial charge in [0.05, 0.1) is 10.6 Å². The lowest BCUT2D eigenvalue weighted by atomic mass is 10.2. The number of thiophene rings is 1. The number of hydrogen-bond acceptors (Lipinski definition) is 3. The normalized spacial score (nSPS) is 10.2. The Hall–Kier alpha value is -1.81. The third-order valence-electron chi connectivity index (χ3n) is 2.47. The number of carbonyl (C=O) groups is 1. The lowest BCUT2D eigenvalue weighted by Crippen LogP contribution is -2.11. The Morgan fingerprint density at radius 3 is 2.71 bits per heavy atom. The monoisotopic (exact) mass is 247 g/mol. The molecule has 4 heteroatoms. The predicted octanol–water partition coefficient (Wildman–Crippen LogP) is 3.32. The number of nitrogens with one attached hydrogen (secondary N) is 1. The third-order valence-corrected chi connectivity index (χ3v) is 3.48. The zero-order chi connectivity index (χ0) is 12.4. The van der Waals surface area contributed by atoms with Gasteiger partial charge in [-0.3, -0.25) is 4.79 Å². The average Bonchev–Trinajstić information content (AvgIpc) is 2.70. The first-order chi connectivity index (χ1) is 8.08. The van der Waals surface area contributed by atoms with Gasteiger partial charge in [-0.2, -0.15) is 0 Å². The second-order valence-corrected chi connectivity index (χ2v) is 4.82. The summed E-state index contributed by atoms with van der Waals surface area (Å²) in [6, 6.07) is 7.01. The van der Waals surface area contributed by atoms with E-state index in [0.717, 1.165) is 11.1 Å². The Labute approximate surface area is 104 Å². The van der Waals surface area contributed by atoms with Crippen LogP contribution in [0.2, 0.25) is 0 Å². The highest BCUT2D eigenvalue weighted by molar-refractivity contribution is 7.12. The van der Waals surface area contributed by atoms with Gasteiger partial charge in [-0.1, -0.05) is 6.07 Å². The molecule has 0 aliphatic heterocycles. The van der Waals surface area contributed by atoms with Gasteiger partial charge < -0.3 is 10.4 Å². The van der Waals surface area contributed by atoms with Crippen LogP contribution in [0.4, 0.5) is 5.69 Å². The van der Waals surface area contributed by atoms with Crippen LogP contribution in [0.25, 0.3) is 0 Å². The van der Waals surface area contributed by atoms with Crippen LogP contribution in [0.3, 0.4) is 0 Å². The number of hydrogen-bond donors (Lipinski definition) is 2. The van der Waals surface area contributed by atoms with Crippen molar-refractivity contribution >= 4 is 22.9 Å². The molecule has 2 aromatic rings. The minimum Gasteiger partial charge on any atom is -0.506 e. The zero-order valence-corrected chi connectivity index (χ0v) is 10.5. The van der Waals surface area contributed by atoms with Crippen molar-refractivity contribution < 1.29 is 9.90 Å². The number of phenolic OH excluding ortho intramolecular Hbond substituents is 1. The molecular formula is C13H13NO2S. The first-order valence-electron chi connectivity index (χ1n) is 5.23. The molecular weight excluding hydrogens is 234 g/mol. The number of carbonyl (C=O) groups excluding carboxylic acids is 1. The number of phenols is 1. The second kappa shape index (κ2) is 4.59. The largest absolute Gasteiger partial charge is 0.506 e. The van der Waals surface area contributed by atoms with Crippen LogP contribution >= 0.6 is 11.3 Å². The summed E-state index contributed by atoms with van der Waals surface area (Å²) in [4.78, 5) is 12.6. The smallest absolute Gasteiger partial charge is 0.266 e. The van der Waals surface area contributed by atoms with Crippen molar-refractivity contribution in [1.29, 1.82) is 0 Å².